The van der Waals surface area contributed by atoms with Crippen molar-refractivity contribution in [1.29, 1.82) is 0 Å². The molecule has 0 aliphatic carbocycles. The number of carbonyl (C=O) groups is 1. The molecule has 0 bridgehead atoms. The fourth-order valence-electron chi connectivity index (χ4n) is 2.44. The lowest BCUT2D eigenvalue weighted by Gasteiger charge is -2.18. The third-order valence-corrected chi connectivity index (χ3v) is 4.19. The van der Waals surface area contributed by atoms with Crippen LogP contribution >= 0.6 is 11.3 Å². The van der Waals surface area contributed by atoms with Crippen molar-refractivity contribution in [2.75, 3.05) is 19.0 Å². The van der Waals surface area contributed by atoms with Crippen LogP contribution in [0.25, 0.3) is 16.0 Å². The van der Waals surface area contributed by atoms with E-state index in [1.165, 1.54) is 40.2 Å². The van der Waals surface area contributed by atoms with Crippen LogP contribution in [0.3, 0.4) is 0 Å². The number of benzene rings is 1. The molecule has 1 N–H and O–H groups in total. The largest absolute Gasteiger partial charge is 0.477 e. The summed E-state index contributed by atoms with van der Waals surface area (Å²) in [6, 6.07) is 5.29. The minimum Gasteiger partial charge on any atom is -0.477 e. The second-order valence-corrected chi connectivity index (χ2v) is 5.88. The van der Waals surface area contributed by atoms with E-state index in [0.29, 0.717) is 16.0 Å². The Balaban J connectivity index is 2.49. The van der Waals surface area contributed by atoms with Gasteiger partial charge in [0.15, 0.2) is 5.56 Å². The maximum absolute atomic E-state index is 13.1. The van der Waals surface area contributed by atoms with Crippen molar-refractivity contribution in [2.24, 2.45) is 0 Å². The Morgan fingerprint density at radius 3 is 2.52 bits per heavy atom. The lowest BCUT2D eigenvalue weighted by atomic mass is 10.2. The molecule has 0 unspecified atom stereocenters. The van der Waals surface area contributed by atoms with Crippen molar-refractivity contribution in [3.05, 3.63) is 51.5 Å². The average Bonchev–Trinajstić information content (AvgIpc) is 2.95. The van der Waals surface area contributed by atoms with Crippen LogP contribution in [0.15, 0.2) is 34.6 Å². The van der Waals surface area contributed by atoms with Gasteiger partial charge in [-0.3, -0.25) is 9.36 Å². The smallest absolute Gasteiger partial charge is 0.343 e. The van der Waals surface area contributed by atoms with Gasteiger partial charge in [-0.05, 0) is 24.3 Å². The quantitative estimate of drug-likeness (QED) is 0.796. The van der Waals surface area contributed by atoms with Crippen LogP contribution in [0.1, 0.15) is 10.4 Å². The van der Waals surface area contributed by atoms with Gasteiger partial charge in [-0.1, -0.05) is 0 Å². The van der Waals surface area contributed by atoms with E-state index in [0.717, 1.165) is 0 Å². The molecule has 0 fully saturated rings. The van der Waals surface area contributed by atoms with Gasteiger partial charge in [-0.15, -0.1) is 11.3 Å². The highest BCUT2D eigenvalue weighted by Gasteiger charge is 2.25. The normalized spacial score (nSPS) is 10.9. The number of hydrogen-bond acceptors (Lipinski definition) is 5. The van der Waals surface area contributed by atoms with Gasteiger partial charge in [-0.2, -0.15) is 0 Å². The van der Waals surface area contributed by atoms with Crippen molar-refractivity contribution in [3.8, 4) is 5.69 Å². The molecule has 3 aromatic rings. The molecule has 2 aromatic heterocycles. The summed E-state index contributed by atoms with van der Waals surface area (Å²) < 4.78 is 14.4. The first-order chi connectivity index (χ1) is 10.9. The lowest BCUT2D eigenvalue weighted by Crippen LogP contribution is -2.29. The van der Waals surface area contributed by atoms with E-state index in [1.54, 1.807) is 24.5 Å². The van der Waals surface area contributed by atoms with Crippen LogP contribution in [-0.4, -0.2) is 34.7 Å². The van der Waals surface area contributed by atoms with Gasteiger partial charge >= 0.3 is 5.97 Å². The number of carboxylic acid groups (broad SMARTS) is 1. The minimum atomic E-state index is -1.33. The summed E-state index contributed by atoms with van der Waals surface area (Å²) in [5.41, 5.74) is 1.57. The molecule has 2 heterocycles. The Kier molecular flexibility index (Phi) is 3.61. The van der Waals surface area contributed by atoms with E-state index in [9.17, 15) is 19.1 Å². The molecule has 0 atom stereocenters. The van der Waals surface area contributed by atoms with Crippen LogP contribution in [0.5, 0.6) is 0 Å². The Morgan fingerprint density at radius 2 is 1.96 bits per heavy atom. The van der Waals surface area contributed by atoms with E-state index < -0.39 is 17.3 Å². The summed E-state index contributed by atoms with van der Waals surface area (Å²) in [7, 11) is 3.31. The number of aromatic nitrogens is 2. The van der Waals surface area contributed by atoms with E-state index in [1.807, 2.05) is 0 Å². The molecule has 6 nitrogen and oxygen atoms in total. The van der Waals surface area contributed by atoms with Gasteiger partial charge in [0.25, 0.3) is 5.56 Å². The second-order valence-electron chi connectivity index (χ2n) is 5.05. The van der Waals surface area contributed by atoms with Crippen molar-refractivity contribution < 1.29 is 14.3 Å². The summed E-state index contributed by atoms with van der Waals surface area (Å²) in [5, 5.41) is 9.48. The third kappa shape index (κ3) is 2.36. The summed E-state index contributed by atoms with van der Waals surface area (Å²) in [6.45, 7) is 0. The Hall–Kier alpha value is -2.74. The molecule has 0 aliphatic heterocycles. The predicted molar refractivity (Wildman–Crippen MR) is 86.5 cm³/mol. The summed E-state index contributed by atoms with van der Waals surface area (Å²) in [4.78, 5) is 30.7. The van der Waals surface area contributed by atoms with Crippen LogP contribution in [0.4, 0.5) is 10.1 Å². The van der Waals surface area contributed by atoms with Gasteiger partial charge in [0, 0.05) is 14.1 Å². The van der Waals surface area contributed by atoms with E-state index >= 15 is 0 Å². The molecular weight excluding hydrogens is 321 g/mol. The van der Waals surface area contributed by atoms with E-state index in [-0.39, 0.29) is 11.3 Å². The van der Waals surface area contributed by atoms with Gasteiger partial charge in [0.1, 0.15) is 16.2 Å². The molecule has 3 rings (SSSR count). The number of carboxylic acids is 1. The molecule has 118 valence electrons. The number of thiazole rings is 1. The van der Waals surface area contributed by atoms with Crippen LogP contribution in [0, 0.1) is 5.82 Å². The van der Waals surface area contributed by atoms with Crippen LogP contribution in [0.2, 0.25) is 0 Å². The summed E-state index contributed by atoms with van der Waals surface area (Å²) in [5.74, 6) is -1.77. The maximum Gasteiger partial charge on any atom is 0.343 e. The number of pyridine rings is 1. The molecule has 0 saturated heterocycles. The zero-order valence-electron chi connectivity index (χ0n) is 12.3. The molecule has 0 amide bonds. The molecule has 1 aromatic carbocycles. The second kappa shape index (κ2) is 5.47. The molecule has 23 heavy (non-hydrogen) atoms. The highest BCUT2D eigenvalue weighted by Crippen LogP contribution is 2.30. The summed E-state index contributed by atoms with van der Waals surface area (Å²) >= 11 is 1.22. The van der Waals surface area contributed by atoms with E-state index in [2.05, 4.69) is 4.98 Å². The standard InChI is InChI=1S/C15H12FN3O3S/c1-18(2)12-10(15(21)22)13(20)19(14-11(12)17-7-23-14)9-5-3-8(16)4-6-9/h3-7H,1-2H3,(H,21,22). The molecule has 8 heteroatoms. The Bertz CT molecular complexity index is 960. The Labute approximate surface area is 134 Å². The summed E-state index contributed by atoms with van der Waals surface area (Å²) in [6.07, 6.45) is 0. The highest BCUT2D eigenvalue weighted by atomic mass is 32.1. The Morgan fingerprint density at radius 1 is 1.30 bits per heavy atom. The van der Waals surface area contributed by atoms with Crippen molar-refractivity contribution in [2.45, 2.75) is 0 Å². The highest BCUT2D eigenvalue weighted by molar-refractivity contribution is 7.16. The number of nitrogens with zero attached hydrogens (tertiary/aromatic N) is 3. The van der Waals surface area contributed by atoms with Crippen LogP contribution in [-0.2, 0) is 0 Å². The van der Waals surface area contributed by atoms with Gasteiger partial charge in [0.05, 0.1) is 16.9 Å². The predicted octanol–water partition coefficient (Wildman–Crippen LogP) is 2.35. The number of fused-ring (bicyclic) bond motifs is 1. The molecule has 0 saturated carbocycles. The zero-order chi connectivity index (χ0) is 16.7. The minimum absolute atomic E-state index is 0.261. The van der Waals surface area contributed by atoms with Gasteiger partial charge in [0.2, 0.25) is 0 Å². The number of aromatic carboxylic acids is 1. The number of halogens is 1. The number of hydrogen-bond donors (Lipinski definition) is 1. The zero-order valence-corrected chi connectivity index (χ0v) is 13.1. The SMILES string of the molecule is CN(C)c1c(C(=O)O)c(=O)n(-c2ccc(F)cc2)c2scnc12. The van der Waals surface area contributed by atoms with Gasteiger partial charge < -0.3 is 10.0 Å². The first kappa shape index (κ1) is 15.2. The first-order valence-electron chi connectivity index (χ1n) is 6.60. The van der Waals surface area contributed by atoms with Crippen molar-refractivity contribution in [3.63, 3.8) is 0 Å². The lowest BCUT2D eigenvalue weighted by molar-refractivity contribution is 0.0695. The fraction of sp³-hybridized carbons (Fsp3) is 0.133. The molecule has 0 spiro atoms. The molecule has 0 aliphatic rings. The van der Waals surface area contributed by atoms with Crippen molar-refractivity contribution in [1.82, 2.24) is 9.55 Å². The fourth-order valence-corrected chi connectivity index (χ4v) is 3.25. The maximum atomic E-state index is 13.1. The number of rotatable bonds is 3. The topological polar surface area (TPSA) is 75.4 Å². The number of anilines is 1. The third-order valence-electron chi connectivity index (χ3n) is 3.38. The van der Waals surface area contributed by atoms with Gasteiger partial charge in [-0.25, -0.2) is 14.2 Å². The van der Waals surface area contributed by atoms with Crippen molar-refractivity contribution >= 4 is 33.3 Å². The van der Waals surface area contributed by atoms with E-state index in [4.69, 9.17) is 0 Å². The monoisotopic (exact) mass is 333 g/mol. The van der Waals surface area contributed by atoms with Crippen LogP contribution < -0.4 is 10.5 Å². The average molecular weight is 333 g/mol. The first-order valence-corrected chi connectivity index (χ1v) is 7.48. The molecule has 0 radical (unpaired) electrons. The molecular formula is C15H12FN3O3S.